The molecule has 0 saturated carbocycles. The fraction of sp³-hybridized carbons (Fsp3) is 0.600. The van der Waals surface area contributed by atoms with Crippen LogP contribution in [0.4, 0.5) is 18.9 Å². The summed E-state index contributed by atoms with van der Waals surface area (Å²) in [6.45, 7) is 1.82. The van der Waals surface area contributed by atoms with Crippen LogP contribution in [-0.2, 0) is 11.5 Å². The average molecular weight is 365 g/mol. The lowest BCUT2D eigenvalue weighted by molar-refractivity contribution is -0.138. The molecule has 0 N–H and O–H groups in total. The van der Waals surface area contributed by atoms with E-state index >= 15 is 0 Å². The number of likely N-dealkylation sites (N-methyl/N-ethyl adjacent to an activating group) is 2. The van der Waals surface area contributed by atoms with Crippen LogP contribution in [0.15, 0.2) is 18.2 Å². The van der Waals surface area contributed by atoms with Crippen LogP contribution in [0, 0.1) is 0 Å². The zero-order valence-electron chi connectivity index (χ0n) is 12.3. The summed E-state index contributed by atoms with van der Waals surface area (Å²) in [7, 11) is 3.93. The zero-order valence-corrected chi connectivity index (χ0v) is 13.8. The smallest absolute Gasteiger partial charge is 0.373 e. The summed E-state index contributed by atoms with van der Waals surface area (Å²) in [5.74, 6) is 0. The van der Waals surface area contributed by atoms with E-state index in [0.29, 0.717) is 11.7 Å². The number of rotatable bonds is 4. The molecule has 0 aliphatic carbocycles. The van der Waals surface area contributed by atoms with Gasteiger partial charge in [-0.25, -0.2) is 0 Å². The van der Waals surface area contributed by atoms with Crippen LogP contribution in [0.5, 0.6) is 0 Å². The highest BCUT2D eigenvalue weighted by molar-refractivity contribution is 9.08. The van der Waals surface area contributed by atoms with E-state index in [4.69, 9.17) is 0 Å². The molecule has 1 aromatic rings. The molecular formula is C15H20BrF3N2. The van der Waals surface area contributed by atoms with E-state index < -0.39 is 11.7 Å². The Kier molecular flexibility index (Phi) is 5.20. The predicted molar refractivity (Wildman–Crippen MR) is 83.0 cm³/mol. The third-order valence-corrected chi connectivity index (χ3v) is 4.74. The van der Waals surface area contributed by atoms with E-state index in [-0.39, 0.29) is 10.9 Å². The molecule has 2 rings (SSSR count). The topological polar surface area (TPSA) is 6.48 Å². The van der Waals surface area contributed by atoms with Gasteiger partial charge in [0.1, 0.15) is 0 Å². The molecule has 0 radical (unpaired) electrons. The molecule has 1 heterocycles. The number of hydrogen-bond acceptors (Lipinski definition) is 2. The maximum absolute atomic E-state index is 13.1. The lowest BCUT2D eigenvalue weighted by atomic mass is 10.1. The van der Waals surface area contributed by atoms with Gasteiger partial charge in [-0.3, -0.25) is 0 Å². The van der Waals surface area contributed by atoms with Gasteiger partial charge in [-0.05, 0) is 44.1 Å². The minimum absolute atomic E-state index is 0.206. The number of alkyl halides is 4. The van der Waals surface area contributed by atoms with E-state index in [1.54, 1.807) is 12.1 Å². The first kappa shape index (κ1) is 16.6. The molecule has 1 fully saturated rings. The van der Waals surface area contributed by atoms with Crippen molar-refractivity contribution in [1.82, 2.24) is 4.90 Å². The first-order valence-corrected chi connectivity index (χ1v) is 8.12. The average Bonchev–Trinajstić information content (AvgIpc) is 2.82. The molecule has 1 saturated heterocycles. The zero-order chi connectivity index (χ0) is 15.6. The molecule has 1 aliphatic rings. The van der Waals surface area contributed by atoms with Crippen molar-refractivity contribution >= 4 is 21.6 Å². The van der Waals surface area contributed by atoms with Crippen molar-refractivity contribution in [1.29, 1.82) is 0 Å². The van der Waals surface area contributed by atoms with Crippen molar-refractivity contribution < 1.29 is 13.2 Å². The molecule has 0 aromatic heterocycles. The maximum Gasteiger partial charge on any atom is 0.416 e. The summed E-state index contributed by atoms with van der Waals surface area (Å²) in [5, 5.41) is 0.206. The van der Waals surface area contributed by atoms with Crippen LogP contribution in [0.3, 0.4) is 0 Å². The second kappa shape index (κ2) is 6.57. The minimum atomic E-state index is -4.32. The molecule has 1 atom stereocenters. The molecule has 118 valence electrons. The monoisotopic (exact) mass is 364 g/mol. The van der Waals surface area contributed by atoms with Crippen molar-refractivity contribution in [2.75, 3.05) is 32.1 Å². The van der Waals surface area contributed by atoms with E-state index in [1.807, 2.05) is 11.9 Å². The number of anilines is 1. The van der Waals surface area contributed by atoms with E-state index in [2.05, 4.69) is 27.9 Å². The van der Waals surface area contributed by atoms with Crippen molar-refractivity contribution in [2.24, 2.45) is 0 Å². The van der Waals surface area contributed by atoms with E-state index in [9.17, 15) is 13.2 Å². The number of hydrogen-bond donors (Lipinski definition) is 0. The predicted octanol–water partition coefficient (Wildman–Crippen LogP) is 4.13. The van der Waals surface area contributed by atoms with Gasteiger partial charge in [0.05, 0.1) is 5.56 Å². The Morgan fingerprint density at radius 2 is 2.10 bits per heavy atom. The van der Waals surface area contributed by atoms with Gasteiger partial charge in [0.15, 0.2) is 0 Å². The molecule has 0 spiro atoms. The van der Waals surface area contributed by atoms with Crippen molar-refractivity contribution in [2.45, 2.75) is 30.4 Å². The Balaban J connectivity index is 2.19. The van der Waals surface area contributed by atoms with Crippen LogP contribution in [0.1, 0.15) is 24.0 Å². The highest BCUT2D eigenvalue weighted by Gasteiger charge is 2.33. The normalized spacial score (nSPS) is 20.0. The summed E-state index contributed by atoms with van der Waals surface area (Å²) in [6, 6.07) is 4.99. The highest BCUT2D eigenvalue weighted by Crippen LogP contribution is 2.35. The Labute approximate surface area is 132 Å². The molecule has 21 heavy (non-hydrogen) atoms. The fourth-order valence-corrected chi connectivity index (χ4v) is 3.30. The Morgan fingerprint density at radius 3 is 2.62 bits per heavy atom. The van der Waals surface area contributed by atoms with Crippen LogP contribution >= 0.6 is 15.9 Å². The van der Waals surface area contributed by atoms with Gasteiger partial charge < -0.3 is 9.80 Å². The van der Waals surface area contributed by atoms with Gasteiger partial charge in [-0.1, -0.05) is 22.0 Å². The van der Waals surface area contributed by atoms with Crippen LogP contribution < -0.4 is 4.90 Å². The van der Waals surface area contributed by atoms with Gasteiger partial charge in [0, 0.05) is 30.7 Å². The molecule has 0 bridgehead atoms. The number of halogens is 4. The first-order chi connectivity index (χ1) is 9.82. The van der Waals surface area contributed by atoms with Gasteiger partial charge in [-0.2, -0.15) is 13.2 Å². The van der Waals surface area contributed by atoms with E-state index in [1.165, 1.54) is 6.07 Å². The summed E-state index contributed by atoms with van der Waals surface area (Å²) in [5.41, 5.74) is 0.341. The molecule has 1 aliphatic heterocycles. The van der Waals surface area contributed by atoms with Gasteiger partial charge in [-0.15, -0.1) is 0 Å². The number of likely N-dealkylation sites (tertiary alicyclic amines) is 1. The third kappa shape index (κ3) is 3.92. The summed E-state index contributed by atoms with van der Waals surface area (Å²) < 4.78 is 39.3. The molecule has 6 heteroatoms. The third-order valence-electron chi connectivity index (χ3n) is 4.14. The first-order valence-electron chi connectivity index (χ1n) is 7.00. The molecular weight excluding hydrogens is 345 g/mol. The summed E-state index contributed by atoms with van der Waals surface area (Å²) >= 11 is 3.12. The van der Waals surface area contributed by atoms with Crippen LogP contribution in [0.2, 0.25) is 0 Å². The highest BCUT2D eigenvalue weighted by atomic mass is 79.9. The van der Waals surface area contributed by atoms with Crippen LogP contribution in [-0.4, -0.2) is 38.1 Å². The van der Waals surface area contributed by atoms with Gasteiger partial charge in [0.2, 0.25) is 0 Å². The lowest BCUT2D eigenvalue weighted by Gasteiger charge is -2.28. The molecule has 0 amide bonds. The second-order valence-electron chi connectivity index (χ2n) is 5.63. The quantitative estimate of drug-likeness (QED) is 0.741. The van der Waals surface area contributed by atoms with Crippen LogP contribution in [0.25, 0.3) is 0 Å². The number of benzene rings is 1. The van der Waals surface area contributed by atoms with Gasteiger partial charge in [0.25, 0.3) is 0 Å². The number of nitrogens with zero attached hydrogens (tertiary/aromatic N) is 2. The Morgan fingerprint density at radius 1 is 1.38 bits per heavy atom. The Bertz CT molecular complexity index is 490. The summed E-state index contributed by atoms with van der Waals surface area (Å²) in [4.78, 5) is 4.19. The van der Waals surface area contributed by atoms with Gasteiger partial charge >= 0.3 is 6.18 Å². The largest absolute Gasteiger partial charge is 0.416 e. The lowest BCUT2D eigenvalue weighted by Crippen LogP contribution is -2.36. The van der Waals surface area contributed by atoms with Crippen molar-refractivity contribution in [3.63, 3.8) is 0 Å². The molecule has 2 nitrogen and oxygen atoms in total. The molecule has 1 aromatic carbocycles. The SMILES string of the molecule is CN(CC1CCCN1C)c1ccc(CBr)c(C(F)(F)F)c1. The summed E-state index contributed by atoms with van der Waals surface area (Å²) in [6.07, 6.45) is -2.05. The molecule has 1 unspecified atom stereocenters. The van der Waals surface area contributed by atoms with E-state index in [0.717, 1.165) is 25.9 Å². The van der Waals surface area contributed by atoms with Crippen molar-refractivity contribution in [3.05, 3.63) is 29.3 Å². The van der Waals surface area contributed by atoms with Crippen molar-refractivity contribution in [3.8, 4) is 0 Å². The maximum atomic E-state index is 13.1. The minimum Gasteiger partial charge on any atom is -0.373 e. The second-order valence-corrected chi connectivity index (χ2v) is 6.19. The standard InChI is InChI=1S/C15H20BrF3N2/c1-20-7-3-4-13(20)10-21(2)12-6-5-11(9-16)14(8-12)15(17,18)19/h5-6,8,13H,3-4,7,9-10H2,1-2H3. The Hall–Kier alpha value is -0.750. The fourth-order valence-electron chi connectivity index (χ4n) is 2.81.